The van der Waals surface area contributed by atoms with Gasteiger partial charge in [0, 0.05) is 29.9 Å². The molecule has 2 aromatic rings. The molecule has 5 nitrogen and oxygen atoms in total. The topological polar surface area (TPSA) is 52.7 Å². The zero-order valence-corrected chi connectivity index (χ0v) is 15.1. The second kappa shape index (κ2) is 6.65. The highest BCUT2D eigenvalue weighted by molar-refractivity contribution is 9.10. The number of hydrogen-bond acceptors (Lipinski definition) is 4. The molecule has 1 heterocycles. The van der Waals surface area contributed by atoms with E-state index in [1.54, 1.807) is 18.2 Å². The predicted molar refractivity (Wildman–Crippen MR) is 99.4 cm³/mol. The van der Waals surface area contributed by atoms with E-state index in [0.29, 0.717) is 5.69 Å². The Hall–Kier alpha value is -2.34. The summed E-state index contributed by atoms with van der Waals surface area (Å²) in [5, 5.41) is 3.16. The van der Waals surface area contributed by atoms with E-state index >= 15 is 0 Å². The summed E-state index contributed by atoms with van der Waals surface area (Å²) >= 11 is 3.37. The number of anilines is 3. The minimum absolute atomic E-state index is 0.154. The summed E-state index contributed by atoms with van der Waals surface area (Å²) in [5.74, 6) is -0.421. The summed E-state index contributed by atoms with van der Waals surface area (Å²) in [6.07, 6.45) is 0.154. The smallest absolute Gasteiger partial charge is 0.256 e. The maximum absolute atomic E-state index is 12.6. The first-order valence-electron chi connectivity index (χ1n) is 7.62. The van der Waals surface area contributed by atoms with Crippen LogP contribution in [-0.4, -0.2) is 32.0 Å². The van der Waals surface area contributed by atoms with Crippen LogP contribution in [0.4, 0.5) is 17.1 Å². The van der Waals surface area contributed by atoms with Gasteiger partial charge in [0.1, 0.15) is 6.04 Å². The molecular weight excluding hydrogens is 370 g/mol. The Kier molecular flexibility index (Phi) is 4.57. The van der Waals surface area contributed by atoms with Gasteiger partial charge in [-0.3, -0.25) is 9.59 Å². The first-order valence-corrected chi connectivity index (χ1v) is 8.41. The number of benzene rings is 2. The second-order valence-electron chi connectivity index (χ2n) is 5.89. The van der Waals surface area contributed by atoms with E-state index in [1.807, 2.05) is 49.3 Å². The van der Waals surface area contributed by atoms with Crippen molar-refractivity contribution in [2.75, 3.05) is 29.2 Å². The summed E-state index contributed by atoms with van der Waals surface area (Å²) in [6, 6.07) is 14.4. The van der Waals surface area contributed by atoms with Crippen molar-refractivity contribution in [1.29, 1.82) is 0 Å². The molecule has 2 aromatic carbocycles. The third-order valence-corrected chi connectivity index (χ3v) is 4.43. The Morgan fingerprint density at radius 2 is 1.83 bits per heavy atom. The van der Waals surface area contributed by atoms with Gasteiger partial charge < -0.3 is 10.2 Å². The fraction of sp³-hybridized carbons (Fsp3) is 0.222. The van der Waals surface area contributed by atoms with E-state index in [-0.39, 0.29) is 18.2 Å². The van der Waals surface area contributed by atoms with E-state index < -0.39 is 6.04 Å². The number of halogens is 1. The Morgan fingerprint density at radius 1 is 1.12 bits per heavy atom. The zero-order chi connectivity index (χ0) is 17.3. The van der Waals surface area contributed by atoms with Crippen molar-refractivity contribution < 1.29 is 9.59 Å². The largest absolute Gasteiger partial charge is 0.378 e. The zero-order valence-electron chi connectivity index (χ0n) is 13.5. The Bertz CT molecular complexity index is 774. The van der Waals surface area contributed by atoms with Gasteiger partial charge in [0.05, 0.1) is 12.1 Å². The lowest BCUT2D eigenvalue weighted by atomic mass is 10.2. The molecule has 24 heavy (non-hydrogen) atoms. The molecule has 0 radical (unpaired) electrons. The van der Waals surface area contributed by atoms with E-state index in [1.165, 1.54) is 4.90 Å². The first kappa shape index (κ1) is 16.5. The van der Waals surface area contributed by atoms with Crippen molar-refractivity contribution in [2.45, 2.75) is 12.5 Å². The molecule has 0 aliphatic carbocycles. The van der Waals surface area contributed by atoms with Crippen LogP contribution in [0, 0.1) is 0 Å². The van der Waals surface area contributed by atoms with Crippen molar-refractivity contribution in [3.8, 4) is 0 Å². The molecule has 6 heteroatoms. The Labute approximate surface area is 149 Å². The quantitative estimate of drug-likeness (QED) is 0.818. The molecular formula is C18H18BrN3O2. The first-order chi connectivity index (χ1) is 11.5. The van der Waals surface area contributed by atoms with Crippen molar-refractivity contribution in [3.63, 3.8) is 0 Å². The summed E-state index contributed by atoms with van der Waals surface area (Å²) in [5.41, 5.74) is 2.49. The Morgan fingerprint density at radius 3 is 2.46 bits per heavy atom. The molecule has 124 valence electrons. The van der Waals surface area contributed by atoms with Crippen LogP contribution < -0.4 is 15.1 Å². The van der Waals surface area contributed by atoms with Gasteiger partial charge in [0.15, 0.2) is 0 Å². The Balaban J connectivity index is 1.76. The average molecular weight is 388 g/mol. The number of imide groups is 1. The highest BCUT2D eigenvalue weighted by Crippen LogP contribution is 2.27. The van der Waals surface area contributed by atoms with Crippen molar-refractivity contribution in [3.05, 3.63) is 53.0 Å². The molecule has 1 aliphatic heterocycles. The summed E-state index contributed by atoms with van der Waals surface area (Å²) in [6.45, 7) is 0. The lowest BCUT2D eigenvalue weighted by molar-refractivity contribution is -0.121. The summed E-state index contributed by atoms with van der Waals surface area (Å²) < 4.78 is 0.830. The normalized spacial score (nSPS) is 17.3. The van der Waals surface area contributed by atoms with E-state index in [0.717, 1.165) is 15.8 Å². The van der Waals surface area contributed by atoms with Crippen LogP contribution in [0.15, 0.2) is 53.0 Å². The van der Waals surface area contributed by atoms with Gasteiger partial charge in [0.25, 0.3) is 5.91 Å². The van der Waals surface area contributed by atoms with Gasteiger partial charge >= 0.3 is 0 Å². The molecule has 1 aliphatic rings. The van der Waals surface area contributed by atoms with Crippen LogP contribution in [0.1, 0.15) is 6.42 Å². The van der Waals surface area contributed by atoms with Gasteiger partial charge in [0.2, 0.25) is 5.91 Å². The summed E-state index contributed by atoms with van der Waals surface area (Å²) in [4.78, 5) is 28.2. The number of nitrogens with one attached hydrogen (secondary N) is 1. The SMILES string of the molecule is CN(C)c1ccc(NC2CC(=O)N(c3cccc(Br)c3)C2=O)cc1. The number of amides is 2. The molecule has 0 bridgehead atoms. The highest BCUT2D eigenvalue weighted by Gasteiger charge is 2.39. The number of rotatable bonds is 4. The van der Waals surface area contributed by atoms with Gasteiger partial charge in [-0.15, -0.1) is 0 Å². The number of nitrogens with zero attached hydrogens (tertiary/aromatic N) is 2. The molecule has 3 rings (SSSR count). The standard InChI is InChI=1S/C18H18BrN3O2/c1-21(2)14-8-6-13(7-9-14)20-16-11-17(23)22(18(16)24)15-5-3-4-12(19)10-15/h3-10,16,20H,11H2,1-2H3. The molecule has 1 saturated heterocycles. The number of carbonyl (C=O) groups is 2. The van der Waals surface area contributed by atoms with Crippen LogP contribution in [-0.2, 0) is 9.59 Å². The molecule has 0 aromatic heterocycles. The molecule has 0 spiro atoms. The van der Waals surface area contributed by atoms with Gasteiger partial charge in [-0.2, -0.15) is 0 Å². The highest BCUT2D eigenvalue weighted by atomic mass is 79.9. The maximum atomic E-state index is 12.6. The monoisotopic (exact) mass is 387 g/mol. The second-order valence-corrected chi connectivity index (χ2v) is 6.81. The van der Waals surface area contributed by atoms with Gasteiger partial charge in [-0.25, -0.2) is 4.90 Å². The maximum Gasteiger partial charge on any atom is 0.256 e. The van der Waals surface area contributed by atoms with Crippen molar-refractivity contribution in [2.24, 2.45) is 0 Å². The van der Waals surface area contributed by atoms with Crippen molar-refractivity contribution in [1.82, 2.24) is 0 Å². The molecule has 1 N–H and O–H groups in total. The number of carbonyl (C=O) groups excluding carboxylic acids is 2. The number of hydrogen-bond donors (Lipinski definition) is 1. The lowest BCUT2D eigenvalue weighted by Crippen LogP contribution is -2.34. The van der Waals surface area contributed by atoms with Crippen molar-refractivity contribution >= 4 is 44.8 Å². The van der Waals surface area contributed by atoms with Crippen LogP contribution in [0.25, 0.3) is 0 Å². The van der Waals surface area contributed by atoms with Gasteiger partial charge in [-0.05, 0) is 42.5 Å². The molecule has 0 saturated carbocycles. The molecule has 1 unspecified atom stereocenters. The fourth-order valence-corrected chi connectivity index (χ4v) is 3.08. The minimum atomic E-state index is -0.540. The fourth-order valence-electron chi connectivity index (χ4n) is 2.69. The molecule has 1 atom stereocenters. The molecule has 1 fully saturated rings. The van der Waals surface area contributed by atoms with Crippen LogP contribution in [0.5, 0.6) is 0 Å². The third kappa shape index (κ3) is 3.28. The third-order valence-electron chi connectivity index (χ3n) is 3.94. The van der Waals surface area contributed by atoms with Crippen LogP contribution in [0.2, 0.25) is 0 Å². The van der Waals surface area contributed by atoms with E-state index in [9.17, 15) is 9.59 Å². The average Bonchev–Trinajstić information content (AvgIpc) is 2.82. The minimum Gasteiger partial charge on any atom is -0.378 e. The van der Waals surface area contributed by atoms with Crippen LogP contribution in [0.3, 0.4) is 0 Å². The van der Waals surface area contributed by atoms with E-state index in [4.69, 9.17) is 0 Å². The molecule has 2 amide bonds. The predicted octanol–water partition coefficient (Wildman–Crippen LogP) is 3.26. The van der Waals surface area contributed by atoms with E-state index in [2.05, 4.69) is 21.2 Å². The summed E-state index contributed by atoms with van der Waals surface area (Å²) in [7, 11) is 3.94. The van der Waals surface area contributed by atoms with Crippen LogP contribution >= 0.6 is 15.9 Å². The van der Waals surface area contributed by atoms with Gasteiger partial charge in [-0.1, -0.05) is 22.0 Å². The lowest BCUT2D eigenvalue weighted by Gasteiger charge is -2.17.